The van der Waals surface area contributed by atoms with Crippen molar-refractivity contribution >= 4 is 5.91 Å². The van der Waals surface area contributed by atoms with Crippen molar-refractivity contribution in [3.8, 4) is 0 Å². The Balaban J connectivity index is 2.35. The highest BCUT2D eigenvalue weighted by molar-refractivity contribution is 5.77. The summed E-state index contributed by atoms with van der Waals surface area (Å²) >= 11 is 0. The van der Waals surface area contributed by atoms with Crippen LogP contribution in [0.1, 0.15) is 58.8 Å². The summed E-state index contributed by atoms with van der Waals surface area (Å²) in [6.07, 6.45) is 7.57. The minimum Gasteiger partial charge on any atom is -0.351 e. The first kappa shape index (κ1) is 13.5. The molecule has 1 aliphatic rings. The molecule has 0 heterocycles. The molecule has 3 N–H and O–H groups in total. The van der Waals surface area contributed by atoms with Crippen LogP contribution in [0.3, 0.4) is 0 Å². The average molecular weight is 226 g/mol. The lowest BCUT2D eigenvalue weighted by molar-refractivity contribution is -0.123. The molecule has 1 unspecified atom stereocenters. The molecule has 0 aliphatic heterocycles. The maximum atomic E-state index is 11.9. The summed E-state index contributed by atoms with van der Waals surface area (Å²) in [5, 5.41) is 3.15. The van der Waals surface area contributed by atoms with Crippen LogP contribution in [0, 0.1) is 5.92 Å². The third-order valence-electron chi connectivity index (χ3n) is 3.87. The molecule has 1 rings (SSSR count). The molecule has 1 amide bonds. The normalized spacial score (nSPS) is 20.7. The van der Waals surface area contributed by atoms with Crippen LogP contribution in [-0.2, 0) is 4.79 Å². The zero-order chi connectivity index (χ0) is 12.0. The van der Waals surface area contributed by atoms with Gasteiger partial charge in [0.15, 0.2) is 0 Å². The van der Waals surface area contributed by atoms with Crippen molar-refractivity contribution in [2.45, 2.75) is 64.3 Å². The zero-order valence-electron chi connectivity index (χ0n) is 10.7. The summed E-state index contributed by atoms with van der Waals surface area (Å²) in [4.78, 5) is 11.9. The number of nitrogens with two attached hydrogens (primary N) is 1. The Kier molecular flexibility index (Phi) is 5.26. The number of rotatable bonds is 6. The van der Waals surface area contributed by atoms with E-state index in [2.05, 4.69) is 19.2 Å². The second kappa shape index (κ2) is 6.24. The fourth-order valence-corrected chi connectivity index (χ4v) is 2.51. The minimum atomic E-state index is -0.107. The van der Waals surface area contributed by atoms with Crippen molar-refractivity contribution in [2.24, 2.45) is 11.7 Å². The number of hydrogen-bond acceptors (Lipinski definition) is 2. The van der Waals surface area contributed by atoms with Gasteiger partial charge in [-0.1, -0.05) is 19.8 Å². The van der Waals surface area contributed by atoms with E-state index < -0.39 is 0 Å². The van der Waals surface area contributed by atoms with E-state index in [0.717, 1.165) is 12.8 Å². The van der Waals surface area contributed by atoms with Gasteiger partial charge in [-0.2, -0.15) is 0 Å². The minimum absolute atomic E-state index is 0.107. The van der Waals surface area contributed by atoms with Crippen LogP contribution >= 0.6 is 0 Å². The highest BCUT2D eigenvalue weighted by atomic mass is 16.1. The lowest BCUT2D eigenvalue weighted by Crippen LogP contribution is -2.47. The van der Waals surface area contributed by atoms with Crippen LogP contribution in [0.4, 0.5) is 0 Å². The van der Waals surface area contributed by atoms with Gasteiger partial charge in [0.2, 0.25) is 5.91 Å². The third-order valence-corrected chi connectivity index (χ3v) is 3.87. The van der Waals surface area contributed by atoms with Crippen LogP contribution in [0.5, 0.6) is 0 Å². The summed E-state index contributed by atoms with van der Waals surface area (Å²) in [5.74, 6) is 0.837. The van der Waals surface area contributed by atoms with Crippen LogP contribution in [0.2, 0.25) is 0 Å². The van der Waals surface area contributed by atoms with Crippen molar-refractivity contribution < 1.29 is 4.79 Å². The van der Waals surface area contributed by atoms with Gasteiger partial charge in [-0.15, -0.1) is 0 Å². The molecule has 0 saturated heterocycles. The van der Waals surface area contributed by atoms with Gasteiger partial charge in [-0.05, 0) is 45.1 Å². The number of nitrogens with one attached hydrogen (secondary N) is 1. The van der Waals surface area contributed by atoms with Gasteiger partial charge < -0.3 is 11.1 Å². The Hall–Kier alpha value is -0.570. The predicted molar refractivity (Wildman–Crippen MR) is 67.1 cm³/mol. The van der Waals surface area contributed by atoms with Gasteiger partial charge in [0.1, 0.15) is 0 Å². The van der Waals surface area contributed by atoms with E-state index in [1.165, 1.54) is 25.7 Å². The fraction of sp³-hybridized carbons (Fsp3) is 0.923. The highest BCUT2D eigenvalue weighted by Crippen LogP contribution is 2.27. The standard InChI is InChI=1S/C13H26N2O/c1-3-13(2,8-9-14)15-12(16)10-11-6-4-5-7-11/h11H,3-10,14H2,1-2H3,(H,15,16). The summed E-state index contributed by atoms with van der Waals surface area (Å²) in [5.41, 5.74) is 5.47. The van der Waals surface area contributed by atoms with Gasteiger partial charge in [-0.25, -0.2) is 0 Å². The molecular formula is C13H26N2O. The third kappa shape index (κ3) is 4.12. The molecule has 0 aromatic heterocycles. The van der Waals surface area contributed by atoms with Crippen LogP contribution in [0.25, 0.3) is 0 Å². The van der Waals surface area contributed by atoms with Gasteiger partial charge in [0.05, 0.1) is 0 Å². The number of hydrogen-bond donors (Lipinski definition) is 2. The number of amides is 1. The molecule has 94 valence electrons. The quantitative estimate of drug-likeness (QED) is 0.729. The number of carbonyl (C=O) groups is 1. The van der Waals surface area contributed by atoms with Gasteiger partial charge in [-0.3, -0.25) is 4.79 Å². The maximum absolute atomic E-state index is 11.9. The molecule has 3 nitrogen and oxygen atoms in total. The molecule has 1 aliphatic carbocycles. The van der Waals surface area contributed by atoms with Crippen molar-refractivity contribution in [1.29, 1.82) is 0 Å². The van der Waals surface area contributed by atoms with E-state index in [-0.39, 0.29) is 11.4 Å². The molecular weight excluding hydrogens is 200 g/mol. The average Bonchev–Trinajstić information content (AvgIpc) is 2.70. The van der Waals surface area contributed by atoms with E-state index in [1.54, 1.807) is 0 Å². The molecule has 3 heteroatoms. The summed E-state index contributed by atoms with van der Waals surface area (Å²) in [7, 11) is 0. The van der Waals surface area contributed by atoms with Crippen molar-refractivity contribution in [3.63, 3.8) is 0 Å². The topological polar surface area (TPSA) is 55.1 Å². The smallest absolute Gasteiger partial charge is 0.220 e. The van der Waals surface area contributed by atoms with Gasteiger partial charge >= 0.3 is 0 Å². The maximum Gasteiger partial charge on any atom is 0.220 e. The van der Waals surface area contributed by atoms with E-state index in [1.807, 2.05) is 0 Å². The molecule has 0 aromatic rings. The first-order valence-corrected chi connectivity index (χ1v) is 6.60. The second-order valence-corrected chi connectivity index (χ2v) is 5.36. The SMILES string of the molecule is CCC(C)(CCN)NC(=O)CC1CCCC1. The van der Waals surface area contributed by atoms with Crippen molar-refractivity contribution in [2.75, 3.05) is 6.54 Å². The first-order valence-electron chi connectivity index (χ1n) is 6.60. The Morgan fingerprint density at radius 1 is 1.44 bits per heavy atom. The van der Waals surface area contributed by atoms with Crippen LogP contribution < -0.4 is 11.1 Å². The number of carbonyl (C=O) groups excluding carboxylic acids is 1. The molecule has 1 saturated carbocycles. The predicted octanol–water partition coefficient (Wildman–Crippen LogP) is 2.20. The van der Waals surface area contributed by atoms with Crippen LogP contribution in [-0.4, -0.2) is 18.0 Å². The lowest BCUT2D eigenvalue weighted by atomic mass is 9.93. The molecule has 16 heavy (non-hydrogen) atoms. The Morgan fingerprint density at radius 3 is 2.56 bits per heavy atom. The second-order valence-electron chi connectivity index (χ2n) is 5.36. The molecule has 1 atom stereocenters. The highest BCUT2D eigenvalue weighted by Gasteiger charge is 2.25. The van der Waals surface area contributed by atoms with E-state index >= 15 is 0 Å². The van der Waals surface area contributed by atoms with E-state index in [9.17, 15) is 4.79 Å². The summed E-state index contributed by atoms with van der Waals surface area (Å²) < 4.78 is 0. The van der Waals surface area contributed by atoms with Crippen LogP contribution in [0.15, 0.2) is 0 Å². The van der Waals surface area contributed by atoms with E-state index in [0.29, 0.717) is 18.9 Å². The molecule has 0 aromatic carbocycles. The Bertz CT molecular complexity index is 224. The van der Waals surface area contributed by atoms with E-state index in [4.69, 9.17) is 5.73 Å². The van der Waals surface area contributed by atoms with Crippen molar-refractivity contribution in [3.05, 3.63) is 0 Å². The Labute approximate surface area is 99.2 Å². The molecule has 1 fully saturated rings. The lowest BCUT2D eigenvalue weighted by Gasteiger charge is -2.29. The summed E-state index contributed by atoms with van der Waals surface area (Å²) in [6, 6.07) is 0. The molecule has 0 spiro atoms. The Morgan fingerprint density at radius 2 is 2.06 bits per heavy atom. The van der Waals surface area contributed by atoms with Gasteiger partial charge in [0.25, 0.3) is 0 Å². The van der Waals surface area contributed by atoms with Gasteiger partial charge in [0, 0.05) is 12.0 Å². The first-order chi connectivity index (χ1) is 7.59. The molecule has 0 bridgehead atoms. The largest absolute Gasteiger partial charge is 0.351 e. The van der Waals surface area contributed by atoms with Crippen molar-refractivity contribution in [1.82, 2.24) is 5.32 Å². The fourth-order valence-electron chi connectivity index (χ4n) is 2.51. The zero-order valence-corrected chi connectivity index (χ0v) is 10.7. The monoisotopic (exact) mass is 226 g/mol. The molecule has 0 radical (unpaired) electrons. The summed E-state index contributed by atoms with van der Waals surface area (Å²) in [6.45, 7) is 4.83.